The zero-order chi connectivity index (χ0) is 13.2. The van der Waals surface area contributed by atoms with Crippen molar-refractivity contribution in [3.63, 3.8) is 0 Å². The number of rotatable bonds is 4. The van der Waals surface area contributed by atoms with Crippen LogP contribution >= 0.6 is 0 Å². The fourth-order valence-electron chi connectivity index (χ4n) is 1.78. The fourth-order valence-corrected chi connectivity index (χ4v) is 1.78. The van der Waals surface area contributed by atoms with E-state index in [-0.39, 0.29) is 5.54 Å². The lowest BCUT2D eigenvalue weighted by atomic mass is 10.1. The monoisotopic (exact) mass is 254 g/mol. The van der Waals surface area contributed by atoms with Crippen LogP contribution in [0.4, 0.5) is 6.01 Å². The summed E-state index contributed by atoms with van der Waals surface area (Å²) >= 11 is 0. The maximum absolute atomic E-state index is 5.64. The molecule has 1 unspecified atom stereocenters. The average Bonchev–Trinajstić information content (AvgIpc) is 2.96. The van der Waals surface area contributed by atoms with E-state index >= 15 is 0 Å². The van der Waals surface area contributed by atoms with Crippen molar-refractivity contribution in [3.8, 4) is 0 Å². The highest BCUT2D eigenvalue weighted by Crippen LogP contribution is 2.18. The van der Waals surface area contributed by atoms with Gasteiger partial charge in [-0.05, 0) is 27.2 Å². The number of ether oxygens (including phenoxy) is 1. The lowest BCUT2D eigenvalue weighted by molar-refractivity contribution is 0.193. The quantitative estimate of drug-likeness (QED) is 0.870. The molecule has 18 heavy (non-hydrogen) atoms. The van der Waals surface area contributed by atoms with Gasteiger partial charge in [0.05, 0.1) is 19.2 Å². The molecule has 1 saturated heterocycles. The van der Waals surface area contributed by atoms with E-state index in [1.807, 2.05) is 11.9 Å². The van der Waals surface area contributed by atoms with Gasteiger partial charge in [-0.1, -0.05) is 5.10 Å². The average molecular weight is 254 g/mol. The Morgan fingerprint density at radius 3 is 2.78 bits per heavy atom. The third-order valence-electron chi connectivity index (χ3n) is 2.98. The second-order valence-electron chi connectivity index (χ2n) is 5.71. The van der Waals surface area contributed by atoms with Crippen molar-refractivity contribution in [2.24, 2.45) is 0 Å². The molecule has 1 aromatic rings. The molecule has 6 nitrogen and oxygen atoms in total. The molecule has 0 aromatic carbocycles. The summed E-state index contributed by atoms with van der Waals surface area (Å²) in [6.07, 6.45) is 1.01. The molecule has 2 rings (SSSR count). The first kappa shape index (κ1) is 13.3. The maximum Gasteiger partial charge on any atom is 0.318 e. The number of likely N-dealkylation sites (N-methyl/N-ethyl adjacent to an activating group) is 1. The van der Waals surface area contributed by atoms with Gasteiger partial charge in [-0.25, -0.2) is 0 Å². The molecule has 2 heterocycles. The van der Waals surface area contributed by atoms with E-state index in [2.05, 4.69) is 36.3 Å². The van der Waals surface area contributed by atoms with Gasteiger partial charge in [0.2, 0.25) is 5.89 Å². The van der Waals surface area contributed by atoms with E-state index in [1.54, 1.807) is 0 Å². The molecule has 1 N–H and O–H groups in total. The fraction of sp³-hybridized carbons (Fsp3) is 0.833. The molecule has 0 amide bonds. The zero-order valence-corrected chi connectivity index (χ0v) is 11.6. The van der Waals surface area contributed by atoms with Gasteiger partial charge in [0.15, 0.2) is 0 Å². The van der Waals surface area contributed by atoms with Crippen LogP contribution in [0.25, 0.3) is 0 Å². The number of hydrogen-bond donors (Lipinski definition) is 1. The van der Waals surface area contributed by atoms with E-state index in [9.17, 15) is 0 Å². The van der Waals surface area contributed by atoms with Crippen LogP contribution in [0.5, 0.6) is 0 Å². The van der Waals surface area contributed by atoms with Gasteiger partial charge < -0.3 is 19.4 Å². The summed E-state index contributed by atoms with van der Waals surface area (Å²) in [5.74, 6) is 0.616. The molecule has 0 spiro atoms. The van der Waals surface area contributed by atoms with Crippen LogP contribution in [-0.4, -0.2) is 42.0 Å². The largest absolute Gasteiger partial charge is 0.407 e. The summed E-state index contributed by atoms with van der Waals surface area (Å²) in [7, 11) is 1.97. The Morgan fingerprint density at radius 2 is 2.17 bits per heavy atom. The Bertz CT molecular complexity index is 380. The third kappa shape index (κ3) is 3.43. The topological polar surface area (TPSA) is 63.4 Å². The van der Waals surface area contributed by atoms with Crippen LogP contribution in [0, 0.1) is 0 Å². The molecule has 1 aliphatic heterocycles. The third-order valence-corrected chi connectivity index (χ3v) is 2.98. The molecule has 1 aliphatic rings. The number of hydrogen-bond acceptors (Lipinski definition) is 6. The van der Waals surface area contributed by atoms with Gasteiger partial charge >= 0.3 is 6.01 Å². The van der Waals surface area contributed by atoms with Crippen molar-refractivity contribution in [1.82, 2.24) is 15.5 Å². The van der Waals surface area contributed by atoms with Gasteiger partial charge in [0.1, 0.15) is 0 Å². The zero-order valence-electron chi connectivity index (χ0n) is 11.6. The van der Waals surface area contributed by atoms with Crippen molar-refractivity contribution < 1.29 is 9.15 Å². The highest BCUT2D eigenvalue weighted by Gasteiger charge is 2.24. The highest BCUT2D eigenvalue weighted by molar-refractivity contribution is 5.25. The number of anilines is 1. The Balaban J connectivity index is 1.92. The van der Waals surface area contributed by atoms with Crippen molar-refractivity contribution in [2.45, 2.75) is 45.3 Å². The van der Waals surface area contributed by atoms with Crippen molar-refractivity contribution >= 4 is 6.01 Å². The summed E-state index contributed by atoms with van der Waals surface area (Å²) in [4.78, 5) is 2.00. The Hall–Kier alpha value is -1.14. The first-order valence-electron chi connectivity index (χ1n) is 6.34. The lowest BCUT2D eigenvalue weighted by Gasteiger charge is -2.20. The second kappa shape index (κ2) is 5.24. The minimum atomic E-state index is 0.0415. The van der Waals surface area contributed by atoms with E-state index in [1.165, 1.54) is 0 Å². The van der Waals surface area contributed by atoms with Crippen LogP contribution < -0.4 is 10.2 Å². The molecule has 0 aliphatic carbocycles. The molecular formula is C12H22N4O2. The van der Waals surface area contributed by atoms with E-state index in [4.69, 9.17) is 9.15 Å². The normalized spacial score (nSPS) is 20.3. The van der Waals surface area contributed by atoms with Crippen LogP contribution in [0.3, 0.4) is 0 Å². The Kier molecular flexibility index (Phi) is 3.87. The van der Waals surface area contributed by atoms with E-state index < -0.39 is 0 Å². The molecule has 0 saturated carbocycles. The van der Waals surface area contributed by atoms with Crippen LogP contribution in [0.15, 0.2) is 4.42 Å². The van der Waals surface area contributed by atoms with E-state index in [0.29, 0.717) is 24.5 Å². The molecule has 1 atom stereocenters. The van der Waals surface area contributed by atoms with Crippen LogP contribution in [0.1, 0.15) is 33.1 Å². The summed E-state index contributed by atoms with van der Waals surface area (Å²) in [6, 6.07) is 0.907. The van der Waals surface area contributed by atoms with Crippen molar-refractivity contribution in [2.75, 3.05) is 25.2 Å². The molecule has 6 heteroatoms. The summed E-state index contributed by atoms with van der Waals surface area (Å²) in [5, 5.41) is 11.4. The number of nitrogens with one attached hydrogen (secondary N) is 1. The Morgan fingerprint density at radius 1 is 1.39 bits per heavy atom. The van der Waals surface area contributed by atoms with Gasteiger partial charge in [-0.15, -0.1) is 5.10 Å². The van der Waals surface area contributed by atoms with Gasteiger partial charge in [-0.3, -0.25) is 0 Å². The molecule has 1 aromatic heterocycles. The molecule has 1 fully saturated rings. The summed E-state index contributed by atoms with van der Waals surface area (Å²) in [5.41, 5.74) is 0.0415. The maximum atomic E-state index is 5.64. The smallest absolute Gasteiger partial charge is 0.318 e. The van der Waals surface area contributed by atoms with Crippen LogP contribution in [0.2, 0.25) is 0 Å². The Labute approximate surface area is 108 Å². The van der Waals surface area contributed by atoms with Gasteiger partial charge in [-0.2, -0.15) is 0 Å². The number of aromatic nitrogens is 2. The summed E-state index contributed by atoms with van der Waals surface area (Å²) < 4.78 is 11.0. The first-order valence-corrected chi connectivity index (χ1v) is 6.34. The lowest BCUT2D eigenvalue weighted by Crippen LogP contribution is -2.35. The molecular weight excluding hydrogens is 232 g/mol. The minimum Gasteiger partial charge on any atom is -0.407 e. The first-order chi connectivity index (χ1) is 8.46. The van der Waals surface area contributed by atoms with Crippen LogP contribution in [-0.2, 0) is 11.3 Å². The molecule has 0 radical (unpaired) electrons. The highest BCUT2D eigenvalue weighted by atomic mass is 16.5. The minimum absolute atomic E-state index is 0.0415. The van der Waals surface area contributed by atoms with Gasteiger partial charge in [0, 0.05) is 19.2 Å². The number of nitrogens with zero attached hydrogens (tertiary/aromatic N) is 3. The van der Waals surface area contributed by atoms with Gasteiger partial charge in [0.25, 0.3) is 0 Å². The molecule has 0 bridgehead atoms. The second-order valence-corrected chi connectivity index (χ2v) is 5.71. The molecule has 102 valence electrons. The van der Waals surface area contributed by atoms with Crippen molar-refractivity contribution in [3.05, 3.63) is 5.89 Å². The standard InChI is InChI=1S/C12H22N4O2/c1-12(2,3)13-7-10-14-15-11(18-10)16(4)9-5-6-17-8-9/h9,13H,5-8H2,1-4H3. The predicted molar refractivity (Wildman–Crippen MR) is 68.5 cm³/mol. The predicted octanol–water partition coefficient (Wildman–Crippen LogP) is 1.18. The summed E-state index contributed by atoms with van der Waals surface area (Å²) in [6.45, 7) is 8.44. The van der Waals surface area contributed by atoms with E-state index in [0.717, 1.165) is 19.6 Å². The SMILES string of the molecule is CN(c1nnc(CNC(C)(C)C)o1)C1CCOC1. The van der Waals surface area contributed by atoms with Crippen molar-refractivity contribution in [1.29, 1.82) is 0 Å².